The third kappa shape index (κ3) is 3.77. The molecule has 25 heavy (non-hydrogen) atoms. The number of nitrogens with zero attached hydrogens (tertiary/aromatic N) is 3. The zero-order chi connectivity index (χ0) is 17.1. The third-order valence-electron chi connectivity index (χ3n) is 5.61. The van der Waals surface area contributed by atoms with Crippen LogP contribution in [0.5, 0.6) is 0 Å². The minimum atomic E-state index is 0.842. The molecule has 4 rings (SSSR count). The first kappa shape index (κ1) is 16.3. The van der Waals surface area contributed by atoms with Crippen molar-refractivity contribution in [2.45, 2.75) is 25.7 Å². The predicted octanol–water partition coefficient (Wildman–Crippen LogP) is 4.07. The van der Waals surface area contributed by atoms with E-state index in [2.05, 4.69) is 71.1 Å². The smallest absolute Gasteiger partial charge is 0.110 e. The fourth-order valence-electron chi connectivity index (χ4n) is 4.04. The average molecular weight is 333 g/mol. The molecule has 1 aliphatic rings. The Bertz CT molecular complexity index is 814. The molecule has 1 saturated heterocycles. The van der Waals surface area contributed by atoms with Crippen molar-refractivity contribution >= 4 is 11.0 Å². The molecule has 1 aromatic heterocycles. The van der Waals surface area contributed by atoms with Gasteiger partial charge in [0.25, 0.3) is 0 Å². The summed E-state index contributed by atoms with van der Waals surface area (Å²) >= 11 is 0. The van der Waals surface area contributed by atoms with E-state index in [-0.39, 0.29) is 0 Å². The van der Waals surface area contributed by atoms with Gasteiger partial charge in [0.15, 0.2) is 0 Å². The topological polar surface area (TPSA) is 21.1 Å². The highest BCUT2D eigenvalue weighted by molar-refractivity contribution is 5.75. The molecule has 130 valence electrons. The molecule has 0 atom stereocenters. The molecule has 3 heteroatoms. The molecule has 0 unspecified atom stereocenters. The normalized spacial score (nSPS) is 16.5. The van der Waals surface area contributed by atoms with Crippen molar-refractivity contribution in [1.82, 2.24) is 14.5 Å². The zero-order valence-electron chi connectivity index (χ0n) is 15.1. The fraction of sp³-hybridized carbons (Fsp3) is 0.409. The molecule has 2 heterocycles. The highest BCUT2D eigenvalue weighted by Gasteiger charge is 2.19. The van der Waals surface area contributed by atoms with E-state index < -0.39 is 0 Å². The van der Waals surface area contributed by atoms with Gasteiger partial charge in [-0.1, -0.05) is 42.5 Å². The van der Waals surface area contributed by atoms with Gasteiger partial charge in [-0.3, -0.25) is 0 Å². The first-order valence-electron chi connectivity index (χ1n) is 9.46. The van der Waals surface area contributed by atoms with Crippen LogP contribution in [0.4, 0.5) is 0 Å². The Morgan fingerprint density at radius 1 is 0.960 bits per heavy atom. The van der Waals surface area contributed by atoms with Gasteiger partial charge in [0.1, 0.15) is 5.82 Å². The Balaban J connectivity index is 1.29. The molecular formula is C22H27N3. The molecule has 0 bridgehead atoms. The molecule has 0 N–H and O–H groups in total. The number of likely N-dealkylation sites (tertiary alicyclic amines) is 1. The fourth-order valence-corrected chi connectivity index (χ4v) is 4.04. The van der Waals surface area contributed by atoms with E-state index in [1.807, 2.05) is 0 Å². The lowest BCUT2D eigenvalue weighted by atomic mass is 9.90. The summed E-state index contributed by atoms with van der Waals surface area (Å²) < 4.78 is 2.25. The maximum Gasteiger partial charge on any atom is 0.110 e. The van der Waals surface area contributed by atoms with E-state index in [1.54, 1.807) is 0 Å². The Labute approximate surface area is 150 Å². The number of piperidine rings is 1. The summed E-state index contributed by atoms with van der Waals surface area (Å²) in [5.74, 6) is 2.04. The van der Waals surface area contributed by atoms with Crippen molar-refractivity contribution in [3.8, 4) is 0 Å². The van der Waals surface area contributed by atoms with Crippen LogP contribution in [0, 0.1) is 5.92 Å². The van der Waals surface area contributed by atoms with Crippen LogP contribution in [0.1, 0.15) is 24.2 Å². The zero-order valence-corrected chi connectivity index (χ0v) is 15.1. The Hall–Kier alpha value is -2.13. The molecule has 2 aromatic carbocycles. The van der Waals surface area contributed by atoms with Gasteiger partial charge in [0.2, 0.25) is 0 Å². The van der Waals surface area contributed by atoms with Crippen LogP contribution in [-0.2, 0) is 19.9 Å². The minimum absolute atomic E-state index is 0.842. The highest BCUT2D eigenvalue weighted by Crippen LogP contribution is 2.22. The van der Waals surface area contributed by atoms with Crippen LogP contribution in [0.2, 0.25) is 0 Å². The SMILES string of the molecule is Cn1c(CCN2CCC(Cc3ccccc3)CC2)nc2ccccc21. The Morgan fingerprint density at radius 2 is 1.68 bits per heavy atom. The maximum atomic E-state index is 4.80. The van der Waals surface area contributed by atoms with E-state index >= 15 is 0 Å². The molecule has 0 amide bonds. The maximum absolute atomic E-state index is 4.80. The van der Waals surface area contributed by atoms with Gasteiger partial charge in [-0.25, -0.2) is 4.98 Å². The van der Waals surface area contributed by atoms with Crippen molar-refractivity contribution in [1.29, 1.82) is 0 Å². The van der Waals surface area contributed by atoms with Gasteiger partial charge in [-0.2, -0.15) is 0 Å². The second-order valence-electron chi connectivity index (χ2n) is 7.30. The van der Waals surface area contributed by atoms with Gasteiger partial charge in [0, 0.05) is 20.0 Å². The molecule has 0 saturated carbocycles. The summed E-state index contributed by atoms with van der Waals surface area (Å²) in [4.78, 5) is 7.42. The standard InChI is InChI=1S/C22H27N3/c1-24-21-10-6-5-9-20(21)23-22(24)13-16-25-14-11-19(12-15-25)17-18-7-3-2-4-8-18/h2-10,19H,11-17H2,1H3. The van der Waals surface area contributed by atoms with Gasteiger partial charge in [-0.05, 0) is 56.0 Å². The molecule has 1 fully saturated rings. The molecule has 1 aliphatic heterocycles. The van der Waals surface area contributed by atoms with E-state index in [0.717, 1.165) is 24.4 Å². The van der Waals surface area contributed by atoms with Crippen LogP contribution in [0.25, 0.3) is 11.0 Å². The first-order valence-corrected chi connectivity index (χ1v) is 9.46. The number of rotatable bonds is 5. The van der Waals surface area contributed by atoms with Crippen LogP contribution in [0.15, 0.2) is 54.6 Å². The van der Waals surface area contributed by atoms with E-state index in [1.165, 1.54) is 49.3 Å². The van der Waals surface area contributed by atoms with Gasteiger partial charge < -0.3 is 9.47 Å². The Kier molecular flexibility index (Phi) is 4.84. The number of para-hydroxylation sites is 2. The Morgan fingerprint density at radius 3 is 2.44 bits per heavy atom. The lowest BCUT2D eigenvalue weighted by molar-refractivity contribution is 0.185. The number of benzene rings is 2. The van der Waals surface area contributed by atoms with Crippen molar-refractivity contribution in [3.05, 3.63) is 66.0 Å². The molecule has 0 spiro atoms. The summed E-state index contributed by atoms with van der Waals surface area (Å²) in [6.45, 7) is 3.57. The highest BCUT2D eigenvalue weighted by atomic mass is 15.1. The van der Waals surface area contributed by atoms with E-state index in [4.69, 9.17) is 4.98 Å². The summed E-state index contributed by atoms with van der Waals surface area (Å²) in [7, 11) is 2.14. The van der Waals surface area contributed by atoms with Crippen LogP contribution in [0.3, 0.4) is 0 Å². The summed E-state index contributed by atoms with van der Waals surface area (Å²) in [6, 6.07) is 19.3. The van der Waals surface area contributed by atoms with Crippen molar-refractivity contribution in [2.24, 2.45) is 13.0 Å². The van der Waals surface area contributed by atoms with Crippen LogP contribution >= 0.6 is 0 Å². The van der Waals surface area contributed by atoms with E-state index in [9.17, 15) is 0 Å². The lowest BCUT2D eigenvalue weighted by Gasteiger charge is -2.32. The molecule has 3 nitrogen and oxygen atoms in total. The molecule has 3 aromatic rings. The monoisotopic (exact) mass is 333 g/mol. The van der Waals surface area contributed by atoms with Crippen LogP contribution in [-0.4, -0.2) is 34.1 Å². The second-order valence-corrected chi connectivity index (χ2v) is 7.30. The lowest BCUT2D eigenvalue weighted by Crippen LogP contribution is -2.36. The average Bonchev–Trinajstić information content (AvgIpc) is 2.98. The van der Waals surface area contributed by atoms with Crippen molar-refractivity contribution in [2.75, 3.05) is 19.6 Å². The van der Waals surface area contributed by atoms with Crippen molar-refractivity contribution < 1.29 is 0 Å². The number of aryl methyl sites for hydroxylation is 1. The van der Waals surface area contributed by atoms with Gasteiger partial charge in [0.05, 0.1) is 11.0 Å². The minimum Gasteiger partial charge on any atom is -0.331 e. The largest absolute Gasteiger partial charge is 0.331 e. The van der Waals surface area contributed by atoms with E-state index in [0.29, 0.717) is 0 Å². The summed E-state index contributed by atoms with van der Waals surface area (Å²) in [5.41, 5.74) is 3.83. The van der Waals surface area contributed by atoms with Crippen LogP contribution < -0.4 is 0 Å². The predicted molar refractivity (Wildman–Crippen MR) is 104 cm³/mol. The summed E-state index contributed by atoms with van der Waals surface area (Å²) in [5, 5.41) is 0. The number of hydrogen-bond donors (Lipinski definition) is 0. The van der Waals surface area contributed by atoms with Crippen molar-refractivity contribution in [3.63, 3.8) is 0 Å². The molecule has 0 radical (unpaired) electrons. The molecular weight excluding hydrogens is 306 g/mol. The number of hydrogen-bond acceptors (Lipinski definition) is 2. The van der Waals surface area contributed by atoms with Gasteiger partial charge in [-0.15, -0.1) is 0 Å². The number of aromatic nitrogens is 2. The quantitative estimate of drug-likeness (QED) is 0.702. The number of imidazole rings is 1. The number of fused-ring (bicyclic) bond motifs is 1. The molecule has 0 aliphatic carbocycles. The first-order chi connectivity index (χ1) is 12.3. The van der Waals surface area contributed by atoms with Gasteiger partial charge >= 0.3 is 0 Å². The third-order valence-corrected chi connectivity index (χ3v) is 5.61. The second kappa shape index (κ2) is 7.40. The summed E-state index contributed by atoms with van der Waals surface area (Å²) in [6.07, 6.45) is 4.91.